The molecule has 0 heterocycles. The highest BCUT2D eigenvalue weighted by atomic mass is 16.5. The van der Waals surface area contributed by atoms with Gasteiger partial charge in [-0.05, 0) is 31.0 Å². The molecule has 0 aliphatic carbocycles. The number of carbonyl (C=O) groups excluding carboxylic acids is 1. The molecule has 0 aromatic heterocycles. The fourth-order valence-electron chi connectivity index (χ4n) is 1.69. The van der Waals surface area contributed by atoms with Crippen LogP contribution in [0.15, 0.2) is 18.2 Å². The monoisotopic (exact) mass is 320 g/mol. The summed E-state index contributed by atoms with van der Waals surface area (Å²) in [7, 11) is 1.37. The molecule has 1 amide bonds. The van der Waals surface area contributed by atoms with Crippen LogP contribution in [0.4, 0.5) is 0 Å². The molecule has 0 bridgehead atoms. The minimum Gasteiger partial charge on any atom is -0.493 e. The van der Waals surface area contributed by atoms with Gasteiger partial charge in [-0.15, -0.1) is 0 Å². The largest absolute Gasteiger partial charge is 0.493 e. The quantitative estimate of drug-likeness (QED) is 0.793. The lowest BCUT2D eigenvalue weighted by atomic mass is 9.90. The molecule has 0 saturated heterocycles. The number of nitriles is 1. The smallest absolute Gasteiger partial charge is 0.335 e. The molecule has 7 nitrogen and oxygen atoms in total. The minimum atomic E-state index is -1.09. The summed E-state index contributed by atoms with van der Waals surface area (Å²) in [6, 6.07) is 6.15. The van der Waals surface area contributed by atoms with Crippen LogP contribution >= 0.6 is 0 Å². The fraction of sp³-hybridized carbons (Fsp3) is 0.438. The Morgan fingerprint density at radius 3 is 2.52 bits per heavy atom. The zero-order chi connectivity index (χ0) is 17.6. The van der Waals surface area contributed by atoms with E-state index in [0.29, 0.717) is 0 Å². The van der Waals surface area contributed by atoms with Gasteiger partial charge in [0.05, 0.1) is 18.7 Å². The fourth-order valence-corrected chi connectivity index (χ4v) is 1.69. The number of carboxylic acid groups (broad SMARTS) is 1. The summed E-state index contributed by atoms with van der Waals surface area (Å²) < 4.78 is 10.4. The van der Waals surface area contributed by atoms with Crippen molar-refractivity contribution in [2.24, 2.45) is 5.92 Å². The van der Waals surface area contributed by atoms with Gasteiger partial charge in [-0.1, -0.05) is 13.8 Å². The highest BCUT2D eigenvalue weighted by molar-refractivity contribution is 5.88. The number of ether oxygens (including phenoxy) is 2. The molecule has 0 saturated carbocycles. The van der Waals surface area contributed by atoms with E-state index in [1.165, 1.54) is 25.3 Å². The number of hydrogen-bond donors (Lipinski definition) is 2. The van der Waals surface area contributed by atoms with Gasteiger partial charge in [0.2, 0.25) is 0 Å². The molecule has 2 N–H and O–H groups in total. The summed E-state index contributed by atoms with van der Waals surface area (Å²) in [5.41, 5.74) is -0.937. The molecule has 23 heavy (non-hydrogen) atoms. The number of aromatic carboxylic acids is 1. The summed E-state index contributed by atoms with van der Waals surface area (Å²) in [4.78, 5) is 22.9. The highest BCUT2D eigenvalue weighted by Gasteiger charge is 2.30. The first-order valence-electron chi connectivity index (χ1n) is 7.00. The number of carbonyl (C=O) groups is 2. The summed E-state index contributed by atoms with van der Waals surface area (Å²) in [6.45, 7) is 4.99. The van der Waals surface area contributed by atoms with E-state index >= 15 is 0 Å². The summed E-state index contributed by atoms with van der Waals surface area (Å²) >= 11 is 0. The molecule has 0 aliphatic rings. The molecule has 1 atom stereocenters. The zero-order valence-corrected chi connectivity index (χ0v) is 13.5. The van der Waals surface area contributed by atoms with Crippen molar-refractivity contribution in [3.63, 3.8) is 0 Å². The Morgan fingerprint density at radius 1 is 1.39 bits per heavy atom. The van der Waals surface area contributed by atoms with Crippen molar-refractivity contribution in [3.8, 4) is 17.6 Å². The SMILES string of the molecule is COc1cc(C(=O)O)ccc1OCC(=O)N[C@@](C)(C#N)C(C)C. The van der Waals surface area contributed by atoms with Crippen molar-refractivity contribution in [2.75, 3.05) is 13.7 Å². The van der Waals surface area contributed by atoms with Crippen LogP contribution in [0.25, 0.3) is 0 Å². The second kappa shape index (κ2) is 7.49. The van der Waals surface area contributed by atoms with Crippen LogP contribution in [0.2, 0.25) is 0 Å². The van der Waals surface area contributed by atoms with Gasteiger partial charge in [0.1, 0.15) is 5.54 Å². The van der Waals surface area contributed by atoms with Crippen LogP contribution in [0, 0.1) is 17.2 Å². The van der Waals surface area contributed by atoms with Crippen molar-refractivity contribution in [1.82, 2.24) is 5.32 Å². The van der Waals surface area contributed by atoms with Crippen LogP contribution in [-0.2, 0) is 4.79 Å². The van der Waals surface area contributed by atoms with E-state index in [1.54, 1.807) is 6.92 Å². The number of carboxylic acids is 1. The molecule has 1 rings (SSSR count). The van der Waals surface area contributed by atoms with Gasteiger partial charge in [-0.3, -0.25) is 4.79 Å². The minimum absolute atomic E-state index is 0.0514. The molecule has 1 aromatic carbocycles. The van der Waals surface area contributed by atoms with Crippen LogP contribution < -0.4 is 14.8 Å². The average molecular weight is 320 g/mol. The van der Waals surface area contributed by atoms with Crippen LogP contribution in [0.1, 0.15) is 31.1 Å². The molecule has 7 heteroatoms. The molecular formula is C16H20N2O5. The summed E-state index contributed by atoms with van der Waals surface area (Å²) in [5.74, 6) is -1.15. The van der Waals surface area contributed by atoms with Gasteiger partial charge in [0.25, 0.3) is 5.91 Å². The molecule has 0 spiro atoms. The van der Waals surface area contributed by atoms with Crippen LogP contribution in [0.3, 0.4) is 0 Å². The highest BCUT2D eigenvalue weighted by Crippen LogP contribution is 2.28. The number of nitrogens with one attached hydrogen (secondary N) is 1. The van der Waals surface area contributed by atoms with Gasteiger partial charge >= 0.3 is 5.97 Å². The number of amides is 1. The maximum Gasteiger partial charge on any atom is 0.335 e. The molecular weight excluding hydrogens is 300 g/mol. The third-order valence-corrected chi connectivity index (χ3v) is 3.56. The molecule has 0 aliphatic heterocycles. The van der Waals surface area contributed by atoms with Crippen molar-refractivity contribution in [2.45, 2.75) is 26.3 Å². The number of nitrogens with zero attached hydrogens (tertiary/aromatic N) is 1. The summed E-state index contributed by atoms with van der Waals surface area (Å²) in [5, 5.41) is 20.7. The maximum atomic E-state index is 11.9. The Labute approximate surface area is 134 Å². The second-order valence-corrected chi connectivity index (χ2v) is 5.48. The Kier molecular flexibility index (Phi) is 5.96. The van der Waals surface area contributed by atoms with Crippen LogP contribution in [-0.4, -0.2) is 36.2 Å². The van der Waals surface area contributed by atoms with Gasteiger partial charge in [0, 0.05) is 0 Å². The molecule has 124 valence electrons. The predicted molar refractivity (Wildman–Crippen MR) is 82.4 cm³/mol. The Balaban J connectivity index is 2.77. The van der Waals surface area contributed by atoms with E-state index in [0.717, 1.165) is 0 Å². The van der Waals surface area contributed by atoms with E-state index in [-0.39, 0.29) is 29.6 Å². The Hall–Kier alpha value is -2.75. The van der Waals surface area contributed by atoms with Gasteiger partial charge in [0.15, 0.2) is 18.1 Å². The topological polar surface area (TPSA) is 109 Å². The van der Waals surface area contributed by atoms with Crippen molar-refractivity contribution in [1.29, 1.82) is 5.26 Å². The lowest BCUT2D eigenvalue weighted by Crippen LogP contribution is -2.50. The number of rotatable bonds is 7. The molecule has 0 unspecified atom stereocenters. The molecule has 0 fully saturated rings. The maximum absolute atomic E-state index is 11.9. The normalized spacial score (nSPS) is 12.9. The van der Waals surface area contributed by atoms with Crippen molar-refractivity contribution >= 4 is 11.9 Å². The van der Waals surface area contributed by atoms with E-state index in [2.05, 4.69) is 11.4 Å². The second-order valence-electron chi connectivity index (χ2n) is 5.48. The van der Waals surface area contributed by atoms with Crippen molar-refractivity contribution < 1.29 is 24.2 Å². The first-order chi connectivity index (χ1) is 10.7. The number of hydrogen-bond acceptors (Lipinski definition) is 5. The first-order valence-corrected chi connectivity index (χ1v) is 7.00. The van der Waals surface area contributed by atoms with Gasteiger partial charge < -0.3 is 19.9 Å². The Bertz CT molecular complexity index is 636. The third kappa shape index (κ3) is 4.61. The number of methoxy groups -OCH3 is 1. The lowest BCUT2D eigenvalue weighted by molar-refractivity contribution is -0.124. The number of benzene rings is 1. The average Bonchev–Trinajstić information content (AvgIpc) is 2.52. The zero-order valence-electron chi connectivity index (χ0n) is 13.5. The molecule has 0 radical (unpaired) electrons. The van der Waals surface area contributed by atoms with Crippen LogP contribution in [0.5, 0.6) is 11.5 Å². The lowest BCUT2D eigenvalue weighted by Gasteiger charge is -2.27. The predicted octanol–water partition coefficient (Wildman–Crippen LogP) is 1.83. The van der Waals surface area contributed by atoms with Gasteiger partial charge in [-0.25, -0.2) is 4.79 Å². The van der Waals surface area contributed by atoms with Gasteiger partial charge in [-0.2, -0.15) is 5.26 Å². The van der Waals surface area contributed by atoms with E-state index in [4.69, 9.17) is 14.6 Å². The van der Waals surface area contributed by atoms with Crippen molar-refractivity contribution in [3.05, 3.63) is 23.8 Å². The van der Waals surface area contributed by atoms with E-state index in [9.17, 15) is 14.9 Å². The summed E-state index contributed by atoms with van der Waals surface area (Å²) in [6.07, 6.45) is 0. The van der Waals surface area contributed by atoms with E-state index < -0.39 is 17.4 Å². The first kappa shape index (κ1) is 18.3. The third-order valence-electron chi connectivity index (χ3n) is 3.56. The standard InChI is InChI=1S/C16H20N2O5/c1-10(2)16(3,9-17)18-14(19)8-23-12-6-5-11(15(20)21)7-13(12)22-4/h5-7,10H,8H2,1-4H3,(H,18,19)(H,20,21)/t16-/m0/s1. The Morgan fingerprint density at radius 2 is 2.04 bits per heavy atom. The van der Waals surface area contributed by atoms with E-state index in [1.807, 2.05) is 13.8 Å². The molecule has 1 aromatic rings.